The number of rotatable bonds is 6. The molecule has 0 saturated carbocycles. The molecule has 0 amide bonds. The van der Waals surface area contributed by atoms with Gasteiger partial charge in [0.2, 0.25) is 10.0 Å². The van der Waals surface area contributed by atoms with Gasteiger partial charge in [0.1, 0.15) is 0 Å². The van der Waals surface area contributed by atoms with Crippen molar-refractivity contribution in [3.8, 4) is 11.3 Å². The summed E-state index contributed by atoms with van der Waals surface area (Å²) >= 11 is 0. The number of sulfonamides is 1. The molecule has 0 radical (unpaired) electrons. The number of hydrogen-bond acceptors (Lipinski definition) is 4. The molecular weight excluding hydrogens is 374 g/mol. The van der Waals surface area contributed by atoms with Gasteiger partial charge in [-0.2, -0.15) is 5.10 Å². The number of aromatic amines is 1. The molecule has 0 spiro atoms. The fourth-order valence-corrected chi connectivity index (χ4v) is 4.12. The Labute approximate surface area is 164 Å². The number of aryl methyl sites for hydroxylation is 1. The topological polar surface area (TPSA) is 91.9 Å². The molecule has 2 aromatic carbocycles. The third kappa shape index (κ3) is 4.55. The van der Waals surface area contributed by atoms with Crippen LogP contribution in [-0.4, -0.2) is 18.6 Å². The maximum absolute atomic E-state index is 12.8. The molecule has 7 heteroatoms. The molecule has 6 nitrogen and oxygen atoms in total. The van der Waals surface area contributed by atoms with Crippen LogP contribution in [0.3, 0.4) is 0 Å². The number of benzene rings is 2. The molecule has 3 rings (SSSR count). The lowest BCUT2D eigenvalue weighted by Gasteiger charge is -2.12. The van der Waals surface area contributed by atoms with Crippen LogP contribution in [0.2, 0.25) is 0 Å². The van der Waals surface area contributed by atoms with Crippen LogP contribution in [-0.2, 0) is 16.6 Å². The van der Waals surface area contributed by atoms with Crippen LogP contribution in [0.15, 0.2) is 64.3 Å². The lowest BCUT2D eigenvalue weighted by molar-refractivity contribution is 0.580. The summed E-state index contributed by atoms with van der Waals surface area (Å²) in [6.45, 7) is 6.19. The Bertz CT molecular complexity index is 1110. The number of nitrogens with zero attached hydrogens (tertiary/aromatic N) is 1. The summed E-state index contributed by atoms with van der Waals surface area (Å²) in [5.74, 6) is 0.428. The van der Waals surface area contributed by atoms with E-state index < -0.39 is 10.0 Å². The average Bonchev–Trinajstić information content (AvgIpc) is 2.68. The van der Waals surface area contributed by atoms with Crippen LogP contribution in [0.25, 0.3) is 11.3 Å². The second-order valence-corrected chi connectivity index (χ2v) is 8.74. The van der Waals surface area contributed by atoms with E-state index in [0.717, 1.165) is 5.56 Å². The van der Waals surface area contributed by atoms with Gasteiger partial charge >= 0.3 is 0 Å². The smallest absolute Gasteiger partial charge is 0.264 e. The van der Waals surface area contributed by atoms with Crippen molar-refractivity contribution in [1.29, 1.82) is 0 Å². The van der Waals surface area contributed by atoms with Crippen molar-refractivity contribution >= 4 is 10.0 Å². The SMILES string of the molecule is Cc1ccc(-c2ccc(=O)[nH]n2)cc1S(=O)(=O)NCc1ccc(C(C)C)cc1. The van der Waals surface area contributed by atoms with Gasteiger partial charge in [-0.3, -0.25) is 4.79 Å². The lowest BCUT2D eigenvalue weighted by Crippen LogP contribution is -2.24. The molecule has 0 aliphatic rings. The predicted octanol–water partition coefficient (Wildman–Crippen LogP) is 3.35. The average molecular weight is 398 g/mol. The van der Waals surface area contributed by atoms with Crippen molar-refractivity contribution < 1.29 is 8.42 Å². The Kier molecular flexibility index (Phi) is 5.76. The summed E-state index contributed by atoms with van der Waals surface area (Å²) in [7, 11) is -3.70. The highest BCUT2D eigenvalue weighted by Gasteiger charge is 2.18. The van der Waals surface area contributed by atoms with Crippen molar-refractivity contribution in [1.82, 2.24) is 14.9 Å². The lowest BCUT2D eigenvalue weighted by atomic mass is 10.0. The third-order valence-corrected chi connectivity index (χ3v) is 6.11. The van der Waals surface area contributed by atoms with E-state index in [4.69, 9.17) is 0 Å². The van der Waals surface area contributed by atoms with E-state index in [1.807, 2.05) is 24.3 Å². The quantitative estimate of drug-likeness (QED) is 0.667. The first-order valence-electron chi connectivity index (χ1n) is 9.01. The molecule has 0 aliphatic heterocycles. The number of hydrogen-bond donors (Lipinski definition) is 2. The fourth-order valence-electron chi connectivity index (χ4n) is 2.83. The Balaban J connectivity index is 1.83. The van der Waals surface area contributed by atoms with Gasteiger partial charge in [-0.05, 0) is 41.7 Å². The second-order valence-electron chi connectivity index (χ2n) is 7.01. The molecule has 0 bridgehead atoms. The normalized spacial score (nSPS) is 11.7. The molecule has 0 saturated heterocycles. The molecule has 2 N–H and O–H groups in total. The summed E-state index contributed by atoms with van der Waals surface area (Å²) in [5, 5.41) is 6.32. The molecule has 0 aliphatic carbocycles. The summed E-state index contributed by atoms with van der Waals surface area (Å²) < 4.78 is 28.4. The first-order valence-corrected chi connectivity index (χ1v) is 10.5. The minimum atomic E-state index is -3.70. The molecule has 0 atom stereocenters. The largest absolute Gasteiger partial charge is 0.268 e. The van der Waals surface area contributed by atoms with E-state index in [1.54, 1.807) is 31.2 Å². The van der Waals surface area contributed by atoms with Gasteiger partial charge in [-0.1, -0.05) is 50.2 Å². The van der Waals surface area contributed by atoms with Crippen LogP contribution in [0.1, 0.15) is 36.5 Å². The number of nitrogens with one attached hydrogen (secondary N) is 2. The maximum Gasteiger partial charge on any atom is 0.264 e. The van der Waals surface area contributed by atoms with E-state index in [1.165, 1.54) is 11.6 Å². The summed E-state index contributed by atoms with van der Waals surface area (Å²) in [6, 6.07) is 15.9. The Morgan fingerprint density at radius 3 is 2.36 bits per heavy atom. The van der Waals surface area contributed by atoms with E-state index >= 15 is 0 Å². The van der Waals surface area contributed by atoms with E-state index in [2.05, 4.69) is 28.8 Å². The number of H-pyrrole nitrogens is 1. The van der Waals surface area contributed by atoms with E-state index in [9.17, 15) is 13.2 Å². The summed E-state index contributed by atoms with van der Waals surface area (Å²) in [4.78, 5) is 11.4. The van der Waals surface area contributed by atoms with Crippen LogP contribution in [0.4, 0.5) is 0 Å². The fraction of sp³-hybridized carbons (Fsp3) is 0.238. The first-order chi connectivity index (χ1) is 13.3. The Morgan fingerprint density at radius 1 is 1.04 bits per heavy atom. The third-order valence-electron chi connectivity index (χ3n) is 4.57. The van der Waals surface area contributed by atoms with Crippen LogP contribution in [0, 0.1) is 6.92 Å². The van der Waals surface area contributed by atoms with Gasteiger partial charge in [-0.15, -0.1) is 0 Å². The minimum Gasteiger partial charge on any atom is -0.268 e. The highest BCUT2D eigenvalue weighted by atomic mass is 32.2. The predicted molar refractivity (Wildman–Crippen MR) is 110 cm³/mol. The molecular formula is C21H23N3O3S. The first kappa shape index (κ1) is 20.0. The molecule has 0 fully saturated rings. The van der Waals surface area contributed by atoms with Crippen LogP contribution >= 0.6 is 0 Å². The van der Waals surface area contributed by atoms with Crippen molar-refractivity contribution in [3.63, 3.8) is 0 Å². The van der Waals surface area contributed by atoms with Gasteiger partial charge in [0.25, 0.3) is 5.56 Å². The Morgan fingerprint density at radius 2 is 1.75 bits per heavy atom. The van der Waals surface area contributed by atoms with Gasteiger partial charge in [-0.25, -0.2) is 18.2 Å². The van der Waals surface area contributed by atoms with Gasteiger partial charge in [0.05, 0.1) is 10.6 Å². The van der Waals surface area contributed by atoms with Gasteiger partial charge in [0, 0.05) is 18.2 Å². The van der Waals surface area contributed by atoms with Crippen molar-refractivity contribution in [2.45, 2.75) is 38.1 Å². The second kappa shape index (κ2) is 8.08. The van der Waals surface area contributed by atoms with E-state index in [-0.39, 0.29) is 17.0 Å². The molecule has 1 heterocycles. The van der Waals surface area contributed by atoms with Crippen molar-refractivity contribution in [3.05, 3.63) is 81.6 Å². The monoisotopic (exact) mass is 397 g/mol. The molecule has 28 heavy (non-hydrogen) atoms. The Hall–Kier alpha value is -2.77. The van der Waals surface area contributed by atoms with Crippen molar-refractivity contribution in [2.24, 2.45) is 0 Å². The zero-order valence-electron chi connectivity index (χ0n) is 16.1. The molecule has 3 aromatic rings. The minimum absolute atomic E-state index is 0.191. The van der Waals surface area contributed by atoms with Crippen molar-refractivity contribution in [2.75, 3.05) is 0 Å². The summed E-state index contributed by atoms with van der Waals surface area (Å²) in [6.07, 6.45) is 0. The standard InChI is InChI=1S/C21H23N3O3S/c1-14(2)17-8-5-16(6-9-17)13-22-28(26,27)20-12-18(7-4-15(20)3)19-10-11-21(25)24-23-19/h4-12,14,22H,13H2,1-3H3,(H,24,25). The molecule has 1 aromatic heterocycles. The van der Waals surface area contributed by atoms with Crippen LogP contribution < -0.4 is 10.3 Å². The number of aromatic nitrogens is 2. The highest BCUT2D eigenvalue weighted by molar-refractivity contribution is 7.89. The molecule has 0 unspecified atom stereocenters. The van der Waals surface area contributed by atoms with Gasteiger partial charge in [0.15, 0.2) is 0 Å². The maximum atomic E-state index is 12.8. The zero-order valence-corrected chi connectivity index (χ0v) is 16.9. The highest BCUT2D eigenvalue weighted by Crippen LogP contribution is 2.23. The molecule has 146 valence electrons. The summed E-state index contributed by atoms with van der Waals surface area (Å²) in [5.41, 5.74) is 3.54. The van der Waals surface area contributed by atoms with Gasteiger partial charge < -0.3 is 0 Å². The zero-order chi connectivity index (χ0) is 20.3. The van der Waals surface area contributed by atoms with E-state index in [0.29, 0.717) is 22.7 Å². The van der Waals surface area contributed by atoms with Crippen LogP contribution in [0.5, 0.6) is 0 Å².